The molecule has 8 unspecified atom stereocenters. The molecule has 0 bridgehead atoms. The molecule has 8 aliphatic rings. The van der Waals surface area contributed by atoms with Crippen LogP contribution in [-0.4, -0.2) is 69.1 Å². The summed E-state index contributed by atoms with van der Waals surface area (Å²) in [4.78, 5) is 9.88. The Bertz CT molecular complexity index is 996. The zero-order chi connectivity index (χ0) is 37.7. The van der Waals surface area contributed by atoms with Crippen molar-refractivity contribution in [1.29, 1.82) is 0 Å². The molecule has 0 aromatic carbocycles. The highest BCUT2D eigenvalue weighted by Crippen LogP contribution is 2.46. The second-order valence-electron chi connectivity index (χ2n) is 22.9. The van der Waals surface area contributed by atoms with E-state index in [0.717, 1.165) is 89.9 Å². The summed E-state index contributed by atoms with van der Waals surface area (Å²) in [5.74, 6) is 5.87. The third kappa shape index (κ3) is 10.4. The van der Waals surface area contributed by atoms with Crippen molar-refractivity contribution in [1.82, 2.24) is 14.7 Å². The fourth-order valence-electron chi connectivity index (χ4n) is 16.2. The molecular weight excluding hydrogens is 667 g/mol. The van der Waals surface area contributed by atoms with E-state index in [1.807, 2.05) is 0 Å². The van der Waals surface area contributed by atoms with Crippen molar-refractivity contribution < 1.29 is 0 Å². The summed E-state index contributed by atoms with van der Waals surface area (Å²) in [6.07, 6.45) is 49.6. The molecule has 55 heavy (non-hydrogen) atoms. The van der Waals surface area contributed by atoms with E-state index >= 15 is 0 Å². The van der Waals surface area contributed by atoms with Gasteiger partial charge in [-0.05, 0) is 164 Å². The third-order valence-corrected chi connectivity index (χ3v) is 18.8. The summed E-state index contributed by atoms with van der Waals surface area (Å²) in [5, 5.41) is 0. The lowest BCUT2D eigenvalue weighted by Crippen LogP contribution is -2.58. The number of rotatable bonds is 10. The van der Waals surface area contributed by atoms with Gasteiger partial charge in [0.1, 0.15) is 0 Å². The zero-order valence-electron chi connectivity index (χ0n) is 37.3. The van der Waals surface area contributed by atoms with Gasteiger partial charge in [0, 0.05) is 54.4 Å². The van der Waals surface area contributed by atoms with Gasteiger partial charge in [-0.25, -0.2) is 0 Å². The third-order valence-electron chi connectivity index (χ3n) is 18.8. The monoisotopic (exact) mass is 760 g/mol. The maximum atomic E-state index is 3.36. The van der Waals surface area contributed by atoms with Gasteiger partial charge >= 0.3 is 0 Å². The zero-order valence-corrected chi connectivity index (χ0v) is 37.3. The van der Waals surface area contributed by atoms with Crippen molar-refractivity contribution >= 4 is 0 Å². The van der Waals surface area contributed by atoms with Gasteiger partial charge < -0.3 is 0 Å². The molecule has 8 fully saturated rings. The minimum atomic E-state index is 0.862. The van der Waals surface area contributed by atoms with Gasteiger partial charge in [0.25, 0.3) is 0 Å². The summed E-state index contributed by atoms with van der Waals surface area (Å²) >= 11 is 0. The summed E-state index contributed by atoms with van der Waals surface area (Å²) in [5.41, 5.74) is 0. The molecule has 0 amide bonds. The van der Waals surface area contributed by atoms with Crippen LogP contribution in [0.3, 0.4) is 0 Å². The lowest BCUT2D eigenvalue weighted by molar-refractivity contribution is -0.0422. The first-order chi connectivity index (χ1) is 26.9. The van der Waals surface area contributed by atoms with Crippen LogP contribution in [0.5, 0.6) is 0 Å². The van der Waals surface area contributed by atoms with E-state index in [0.29, 0.717) is 0 Å². The van der Waals surface area contributed by atoms with Gasteiger partial charge in [-0.1, -0.05) is 111 Å². The predicted octanol–water partition coefficient (Wildman–Crippen LogP) is 14.0. The molecule has 0 saturated heterocycles. The molecule has 0 N–H and O–H groups in total. The second kappa shape index (κ2) is 20.0. The van der Waals surface area contributed by atoms with E-state index < -0.39 is 0 Å². The Morgan fingerprint density at radius 2 is 0.473 bits per heavy atom. The van der Waals surface area contributed by atoms with Crippen LogP contribution < -0.4 is 0 Å². The van der Waals surface area contributed by atoms with Crippen LogP contribution in [0.1, 0.15) is 240 Å². The Kier molecular flexibility index (Phi) is 15.1. The first kappa shape index (κ1) is 41.6. The summed E-state index contributed by atoms with van der Waals surface area (Å²) in [6.45, 7) is 10.3. The number of hydrogen-bond acceptors (Lipinski definition) is 3. The van der Waals surface area contributed by atoms with Crippen LogP contribution in [0.4, 0.5) is 0 Å². The average molecular weight is 760 g/mol. The van der Waals surface area contributed by atoms with Crippen LogP contribution in [0.25, 0.3) is 0 Å². The maximum absolute atomic E-state index is 3.36. The normalized spacial score (nSPS) is 44.6. The smallest absolute Gasteiger partial charge is 0.0104 e. The number of hydrogen-bond donors (Lipinski definition) is 0. The predicted molar refractivity (Wildman–Crippen MR) is 236 cm³/mol. The summed E-state index contributed by atoms with van der Waals surface area (Å²) in [6, 6.07) is 7.85. The molecule has 0 aromatic heterocycles. The summed E-state index contributed by atoms with van der Waals surface area (Å²) in [7, 11) is 0. The Labute approximate surface area is 343 Å². The lowest BCUT2D eigenvalue weighted by atomic mass is 9.71. The SMILES string of the molecule is CC1CCCC(N(C2CCC(N(C3CCC(C4CCCCC4)CC3)C3CCC(N(C4CCCC(C)C4)C4CCCC(C)C4)CC3)CC2)C2CCCC(C)C2)C1. The number of nitrogens with zero attached hydrogens (tertiary/aromatic N) is 3. The molecule has 8 rings (SSSR count). The van der Waals surface area contributed by atoms with Gasteiger partial charge in [0.2, 0.25) is 0 Å². The molecule has 0 radical (unpaired) electrons. The Balaban J connectivity index is 0.963. The van der Waals surface area contributed by atoms with E-state index in [4.69, 9.17) is 0 Å². The molecule has 316 valence electrons. The van der Waals surface area contributed by atoms with Crippen molar-refractivity contribution in [3.63, 3.8) is 0 Å². The van der Waals surface area contributed by atoms with E-state index in [1.165, 1.54) is 186 Å². The second-order valence-corrected chi connectivity index (χ2v) is 22.9. The first-order valence-electron chi connectivity index (χ1n) is 26.2. The Morgan fingerprint density at radius 3 is 0.764 bits per heavy atom. The fraction of sp³-hybridized carbons (Fsp3) is 1.00. The quantitative estimate of drug-likeness (QED) is 0.220. The van der Waals surface area contributed by atoms with Gasteiger partial charge in [-0.3, -0.25) is 14.7 Å². The molecule has 8 saturated carbocycles. The van der Waals surface area contributed by atoms with Gasteiger partial charge in [0.15, 0.2) is 0 Å². The van der Waals surface area contributed by atoms with Crippen molar-refractivity contribution in [2.45, 2.75) is 294 Å². The van der Waals surface area contributed by atoms with Crippen molar-refractivity contribution in [2.75, 3.05) is 0 Å². The van der Waals surface area contributed by atoms with Crippen molar-refractivity contribution in [3.8, 4) is 0 Å². The molecule has 3 heteroatoms. The average Bonchev–Trinajstić information content (AvgIpc) is 3.20. The van der Waals surface area contributed by atoms with Crippen molar-refractivity contribution in [2.24, 2.45) is 35.5 Å². The maximum Gasteiger partial charge on any atom is 0.0104 e. The van der Waals surface area contributed by atoms with E-state index in [9.17, 15) is 0 Å². The molecule has 8 atom stereocenters. The van der Waals surface area contributed by atoms with Crippen LogP contribution in [0.2, 0.25) is 0 Å². The Morgan fingerprint density at radius 1 is 0.218 bits per heavy atom. The molecule has 0 spiro atoms. The van der Waals surface area contributed by atoms with Crippen LogP contribution in [0.15, 0.2) is 0 Å². The van der Waals surface area contributed by atoms with Crippen LogP contribution in [-0.2, 0) is 0 Å². The van der Waals surface area contributed by atoms with Crippen molar-refractivity contribution in [3.05, 3.63) is 0 Å². The summed E-state index contributed by atoms with van der Waals surface area (Å²) < 4.78 is 0. The van der Waals surface area contributed by atoms with Gasteiger partial charge in [-0.2, -0.15) is 0 Å². The minimum absolute atomic E-state index is 0.862. The standard InChI is InChI=1S/C52H93N3/c1-38-12-8-18-49(34-38)54(50-19-9-13-39(2)35-50)47-30-26-45(27-31-47)53(44-24-22-43(23-25-44)42-16-6-5-7-17-42)46-28-32-48(33-29-46)55(51-20-10-14-40(3)36-51)52-21-11-15-41(4)37-52/h38-52H,5-37H2,1-4H3. The van der Waals surface area contributed by atoms with Crippen LogP contribution in [0, 0.1) is 35.5 Å². The molecule has 0 aliphatic heterocycles. The van der Waals surface area contributed by atoms with Gasteiger partial charge in [0.05, 0.1) is 0 Å². The highest BCUT2D eigenvalue weighted by atomic mass is 15.3. The highest BCUT2D eigenvalue weighted by Gasteiger charge is 2.44. The fourth-order valence-corrected chi connectivity index (χ4v) is 16.2. The van der Waals surface area contributed by atoms with E-state index in [-0.39, 0.29) is 0 Å². The molecular formula is C52H93N3. The van der Waals surface area contributed by atoms with Crippen LogP contribution >= 0.6 is 0 Å². The lowest BCUT2D eigenvalue weighted by Gasteiger charge is -2.54. The topological polar surface area (TPSA) is 9.72 Å². The highest BCUT2D eigenvalue weighted by molar-refractivity contribution is 5.00. The molecule has 3 nitrogen and oxygen atoms in total. The first-order valence-corrected chi connectivity index (χ1v) is 26.2. The van der Waals surface area contributed by atoms with E-state index in [2.05, 4.69) is 42.4 Å². The molecule has 0 heterocycles. The largest absolute Gasteiger partial charge is 0.294 e. The molecule has 8 aliphatic carbocycles. The van der Waals surface area contributed by atoms with E-state index in [1.54, 1.807) is 25.7 Å². The Hall–Kier alpha value is -0.120. The molecule has 0 aromatic rings. The van der Waals surface area contributed by atoms with Gasteiger partial charge in [-0.15, -0.1) is 0 Å². The minimum Gasteiger partial charge on any atom is -0.294 e.